The molecule has 0 fully saturated rings. The topological polar surface area (TPSA) is 168 Å². The second-order valence-electron chi connectivity index (χ2n) is 8.16. The second kappa shape index (κ2) is 11.8. The van der Waals surface area contributed by atoms with Gasteiger partial charge >= 0.3 is 0 Å². The number of benzene rings is 1. The maximum atomic E-state index is 11.8. The zero-order chi connectivity index (χ0) is 24.4. The van der Waals surface area contributed by atoms with Gasteiger partial charge in [0.1, 0.15) is 36.6 Å². The highest BCUT2D eigenvalue weighted by Crippen LogP contribution is 2.24. The van der Waals surface area contributed by atoms with Gasteiger partial charge in [-0.05, 0) is 24.6 Å². The summed E-state index contributed by atoms with van der Waals surface area (Å²) in [5.74, 6) is 0.217. The van der Waals surface area contributed by atoms with Gasteiger partial charge in [0.15, 0.2) is 0 Å². The van der Waals surface area contributed by atoms with Crippen molar-refractivity contribution < 1.29 is 29.0 Å². The second-order valence-corrected chi connectivity index (χ2v) is 8.16. The SMILES string of the molecule is C[N+](C)(CCNC(=O)CCCO[N+](=O)[O-])CC(O)COc1cccc2[nH]c(=O)c(C#N)cc12. The molecule has 1 heterocycles. The van der Waals surface area contributed by atoms with E-state index in [0.717, 1.165) is 0 Å². The number of quaternary nitrogens is 1. The number of ether oxygens (including phenoxy) is 1. The summed E-state index contributed by atoms with van der Waals surface area (Å²) in [5, 5.41) is 32.0. The third kappa shape index (κ3) is 8.40. The molecule has 0 saturated carbocycles. The number of likely N-dealkylation sites (N-methyl/N-ethyl adjacent to an activating group) is 1. The number of amides is 1. The van der Waals surface area contributed by atoms with E-state index in [4.69, 9.17) is 10.00 Å². The van der Waals surface area contributed by atoms with Crippen molar-refractivity contribution >= 4 is 16.8 Å². The third-order valence-corrected chi connectivity index (χ3v) is 4.89. The Morgan fingerprint density at radius 1 is 1.42 bits per heavy atom. The largest absolute Gasteiger partial charge is 0.490 e. The van der Waals surface area contributed by atoms with Crippen LogP contribution in [0.2, 0.25) is 0 Å². The molecular weight excluding hydrogens is 434 g/mol. The molecule has 178 valence electrons. The number of nitriles is 1. The van der Waals surface area contributed by atoms with Crippen molar-refractivity contribution in [3.63, 3.8) is 0 Å². The number of aliphatic hydroxyl groups excluding tert-OH is 1. The van der Waals surface area contributed by atoms with Gasteiger partial charge in [-0.25, -0.2) is 0 Å². The van der Waals surface area contributed by atoms with Crippen LogP contribution in [0.4, 0.5) is 0 Å². The highest BCUT2D eigenvalue weighted by Gasteiger charge is 2.21. The van der Waals surface area contributed by atoms with Crippen LogP contribution in [0.3, 0.4) is 0 Å². The summed E-state index contributed by atoms with van der Waals surface area (Å²) in [7, 11) is 3.81. The number of hydrogen-bond acceptors (Lipinski definition) is 8. The van der Waals surface area contributed by atoms with Crippen LogP contribution in [0, 0.1) is 21.4 Å². The van der Waals surface area contributed by atoms with Crippen molar-refractivity contribution in [2.45, 2.75) is 18.9 Å². The molecule has 1 aromatic heterocycles. The molecular formula is C21H28N5O7+. The number of pyridine rings is 1. The summed E-state index contributed by atoms with van der Waals surface area (Å²) < 4.78 is 6.17. The Labute approximate surface area is 190 Å². The average molecular weight is 462 g/mol. The molecule has 12 nitrogen and oxygen atoms in total. The first-order chi connectivity index (χ1) is 15.6. The molecule has 1 amide bonds. The summed E-state index contributed by atoms with van der Waals surface area (Å²) >= 11 is 0. The molecule has 1 atom stereocenters. The van der Waals surface area contributed by atoms with Crippen molar-refractivity contribution in [1.29, 1.82) is 5.26 Å². The highest BCUT2D eigenvalue weighted by molar-refractivity contribution is 5.85. The van der Waals surface area contributed by atoms with Crippen LogP contribution in [-0.4, -0.2) is 78.6 Å². The van der Waals surface area contributed by atoms with Crippen LogP contribution in [0.25, 0.3) is 10.9 Å². The number of hydrogen-bond donors (Lipinski definition) is 3. The number of aliphatic hydroxyl groups is 1. The van der Waals surface area contributed by atoms with Gasteiger partial charge < -0.3 is 29.5 Å². The number of nitrogens with one attached hydrogen (secondary N) is 2. The van der Waals surface area contributed by atoms with Gasteiger partial charge in [0.05, 0.1) is 39.3 Å². The fourth-order valence-corrected chi connectivity index (χ4v) is 3.27. The minimum Gasteiger partial charge on any atom is -0.490 e. The number of rotatable bonds is 13. The van der Waals surface area contributed by atoms with Crippen LogP contribution < -0.4 is 15.6 Å². The zero-order valence-corrected chi connectivity index (χ0v) is 18.6. The molecule has 2 rings (SSSR count). The number of carbonyl (C=O) groups excluding carboxylic acids is 1. The lowest BCUT2D eigenvalue weighted by atomic mass is 10.1. The van der Waals surface area contributed by atoms with E-state index < -0.39 is 16.7 Å². The Bertz CT molecular complexity index is 1080. The van der Waals surface area contributed by atoms with Crippen LogP contribution in [0.1, 0.15) is 18.4 Å². The number of carbonyl (C=O) groups is 1. The summed E-state index contributed by atoms with van der Waals surface area (Å²) in [6.07, 6.45) is -0.427. The van der Waals surface area contributed by atoms with E-state index in [1.54, 1.807) is 18.2 Å². The van der Waals surface area contributed by atoms with E-state index in [1.807, 2.05) is 20.2 Å². The molecule has 33 heavy (non-hydrogen) atoms. The number of aromatic amines is 1. The standard InChI is InChI=1S/C21H27N5O7/c1-26(2,9-8-23-20(28)7-4-10-33-25(30)31)13-16(27)14-32-19-6-3-5-18-17(19)11-15(12-22)21(29)24-18/h3,5-6,11,16,27H,4,7-10,13-14H2,1-2H3,(H-,23,24,28,29)/p+1. The summed E-state index contributed by atoms with van der Waals surface area (Å²) in [6, 6.07) is 8.40. The third-order valence-electron chi connectivity index (χ3n) is 4.89. The first kappa shape index (κ1) is 25.6. The van der Waals surface area contributed by atoms with Crippen LogP contribution >= 0.6 is 0 Å². The zero-order valence-electron chi connectivity index (χ0n) is 18.6. The monoisotopic (exact) mass is 462 g/mol. The maximum absolute atomic E-state index is 11.8. The fourth-order valence-electron chi connectivity index (χ4n) is 3.27. The van der Waals surface area contributed by atoms with E-state index in [-0.39, 0.29) is 37.5 Å². The van der Waals surface area contributed by atoms with Crippen molar-refractivity contribution in [3.8, 4) is 11.8 Å². The Morgan fingerprint density at radius 2 is 2.18 bits per heavy atom. The summed E-state index contributed by atoms with van der Waals surface area (Å²) in [6.45, 7) is 1.17. The Morgan fingerprint density at radius 3 is 2.88 bits per heavy atom. The molecule has 0 aliphatic rings. The maximum Gasteiger partial charge on any atom is 0.294 e. The van der Waals surface area contributed by atoms with E-state index in [2.05, 4.69) is 15.1 Å². The average Bonchev–Trinajstić information content (AvgIpc) is 2.74. The molecule has 1 aromatic carbocycles. The first-order valence-electron chi connectivity index (χ1n) is 10.3. The highest BCUT2D eigenvalue weighted by atomic mass is 16.9. The number of H-pyrrole nitrogens is 1. The van der Waals surface area contributed by atoms with Gasteiger partial charge in [-0.1, -0.05) is 6.07 Å². The number of nitrogens with zero attached hydrogens (tertiary/aromatic N) is 3. The minimum atomic E-state index is -0.891. The van der Waals surface area contributed by atoms with Gasteiger partial charge in [0, 0.05) is 11.8 Å². The molecule has 3 N–H and O–H groups in total. The van der Waals surface area contributed by atoms with Crippen molar-refractivity contribution in [3.05, 3.63) is 50.3 Å². The van der Waals surface area contributed by atoms with Gasteiger partial charge in [-0.15, -0.1) is 10.1 Å². The molecule has 0 aliphatic carbocycles. The van der Waals surface area contributed by atoms with Gasteiger partial charge in [0.25, 0.3) is 10.6 Å². The van der Waals surface area contributed by atoms with Gasteiger partial charge in [-0.2, -0.15) is 5.26 Å². The number of fused-ring (bicyclic) bond motifs is 1. The van der Waals surface area contributed by atoms with Gasteiger partial charge in [-0.3, -0.25) is 9.59 Å². The van der Waals surface area contributed by atoms with E-state index in [1.165, 1.54) is 6.07 Å². The van der Waals surface area contributed by atoms with Crippen LogP contribution in [0.15, 0.2) is 29.1 Å². The van der Waals surface area contributed by atoms with Crippen molar-refractivity contribution in [2.24, 2.45) is 0 Å². The van der Waals surface area contributed by atoms with E-state index in [9.17, 15) is 24.8 Å². The molecule has 12 heteroatoms. The smallest absolute Gasteiger partial charge is 0.294 e. The summed E-state index contributed by atoms with van der Waals surface area (Å²) in [5.41, 5.74) is 0.0327. The number of aromatic nitrogens is 1. The Kier molecular flexibility index (Phi) is 9.14. The molecule has 1 unspecified atom stereocenters. The fraction of sp³-hybridized carbons (Fsp3) is 0.476. The Balaban J connectivity index is 1.81. The van der Waals surface area contributed by atoms with E-state index >= 15 is 0 Å². The Hall–Kier alpha value is -3.69. The molecule has 0 radical (unpaired) electrons. The molecule has 2 aromatic rings. The van der Waals surface area contributed by atoms with Crippen LogP contribution in [0.5, 0.6) is 5.75 Å². The first-order valence-corrected chi connectivity index (χ1v) is 10.3. The quantitative estimate of drug-likeness (QED) is 0.165. The minimum absolute atomic E-state index is 0.00458. The lowest BCUT2D eigenvalue weighted by molar-refractivity contribution is -0.892. The summed E-state index contributed by atoms with van der Waals surface area (Å²) in [4.78, 5) is 40.4. The lowest BCUT2D eigenvalue weighted by Crippen LogP contribution is -2.50. The molecule has 0 saturated heterocycles. The molecule has 0 aliphatic heterocycles. The molecule has 0 bridgehead atoms. The van der Waals surface area contributed by atoms with Crippen LogP contribution in [-0.2, 0) is 9.63 Å². The molecule has 0 spiro atoms. The predicted octanol–water partition coefficient (Wildman–Crippen LogP) is 0.321. The predicted molar refractivity (Wildman–Crippen MR) is 118 cm³/mol. The van der Waals surface area contributed by atoms with Gasteiger partial charge in [0.2, 0.25) is 5.91 Å². The normalized spacial score (nSPS) is 12.1. The lowest BCUT2D eigenvalue weighted by Gasteiger charge is -2.31. The van der Waals surface area contributed by atoms with E-state index in [0.29, 0.717) is 40.8 Å². The van der Waals surface area contributed by atoms with Crippen molar-refractivity contribution in [1.82, 2.24) is 10.3 Å². The van der Waals surface area contributed by atoms with Crippen molar-refractivity contribution in [2.75, 3.05) is 46.9 Å².